The maximum atomic E-state index is 11.9. The van der Waals surface area contributed by atoms with Crippen LogP contribution in [0.2, 0.25) is 0 Å². The van der Waals surface area contributed by atoms with Crippen molar-refractivity contribution in [2.75, 3.05) is 26.7 Å². The number of hydrogen-bond donors (Lipinski definition) is 2. The maximum absolute atomic E-state index is 11.9. The third-order valence-electron chi connectivity index (χ3n) is 2.35. The van der Waals surface area contributed by atoms with Crippen LogP contribution < -0.4 is 10.6 Å². The summed E-state index contributed by atoms with van der Waals surface area (Å²) in [5, 5.41) is 4.29. The molecule has 0 aliphatic heterocycles. The van der Waals surface area contributed by atoms with Gasteiger partial charge in [0.25, 0.3) is 0 Å². The Balaban J connectivity index is 2.21. The summed E-state index contributed by atoms with van der Waals surface area (Å²) in [7, 11) is 1.46. The molecule has 0 aromatic carbocycles. The van der Waals surface area contributed by atoms with Gasteiger partial charge in [-0.25, -0.2) is 0 Å². The smallest absolute Gasteiger partial charge is 0.405 e. The van der Waals surface area contributed by atoms with Crippen molar-refractivity contribution in [2.24, 2.45) is 0 Å². The molecule has 0 saturated heterocycles. The first kappa shape index (κ1) is 17.0. The number of furan rings is 1. The Morgan fingerprint density at radius 3 is 2.38 bits per heavy atom. The number of alkyl halides is 3. The Hall–Kier alpha value is -2.03. The first-order valence-electron chi connectivity index (χ1n) is 6.07. The summed E-state index contributed by atoms with van der Waals surface area (Å²) in [6.07, 6.45) is -2.98. The fourth-order valence-corrected chi connectivity index (χ4v) is 1.46. The zero-order valence-electron chi connectivity index (χ0n) is 11.4. The van der Waals surface area contributed by atoms with Crippen LogP contribution in [0.3, 0.4) is 0 Å². The fraction of sp³-hybridized carbons (Fsp3) is 0.500. The molecule has 0 aliphatic rings. The van der Waals surface area contributed by atoms with E-state index in [1.807, 2.05) is 0 Å². The van der Waals surface area contributed by atoms with Crippen LogP contribution in [0, 0.1) is 0 Å². The third-order valence-corrected chi connectivity index (χ3v) is 2.35. The molecule has 2 N–H and O–H groups in total. The fourth-order valence-electron chi connectivity index (χ4n) is 1.46. The van der Waals surface area contributed by atoms with Crippen LogP contribution in [-0.2, 0) is 16.1 Å². The summed E-state index contributed by atoms with van der Waals surface area (Å²) >= 11 is 0. The summed E-state index contributed by atoms with van der Waals surface area (Å²) < 4.78 is 40.7. The second kappa shape index (κ2) is 7.67. The molecule has 9 heteroatoms. The van der Waals surface area contributed by atoms with Crippen molar-refractivity contribution in [3.8, 4) is 0 Å². The van der Waals surface area contributed by atoms with Gasteiger partial charge < -0.3 is 15.1 Å². The van der Waals surface area contributed by atoms with Crippen LogP contribution >= 0.6 is 0 Å². The lowest BCUT2D eigenvalue weighted by atomic mass is 10.4. The molecule has 6 nitrogen and oxygen atoms in total. The summed E-state index contributed by atoms with van der Waals surface area (Å²) in [4.78, 5) is 24.1. The standard InChI is InChI=1S/C12H16F3N3O3/c1-18(7-11(20)17-8-12(13,14)15)6-10(19)16-5-9-3-2-4-21-9/h2-4H,5-8H2,1H3,(H,16,19)(H,17,20). The minimum absolute atomic E-state index is 0.111. The molecule has 0 unspecified atom stereocenters. The summed E-state index contributed by atoms with van der Waals surface area (Å²) in [5.41, 5.74) is 0. The van der Waals surface area contributed by atoms with E-state index in [-0.39, 0.29) is 25.5 Å². The molecular weight excluding hydrogens is 291 g/mol. The van der Waals surface area contributed by atoms with E-state index in [2.05, 4.69) is 5.32 Å². The Morgan fingerprint density at radius 2 is 1.86 bits per heavy atom. The predicted octanol–water partition coefficient (Wildman–Crippen LogP) is 0.506. The van der Waals surface area contributed by atoms with Crippen LogP contribution in [0.4, 0.5) is 13.2 Å². The number of likely N-dealkylation sites (N-methyl/N-ethyl adjacent to an activating group) is 1. The van der Waals surface area contributed by atoms with Gasteiger partial charge >= 0.3 is 6.18 Å². The number of carbonyl (C=O) groups excluding carboxylic acids is 2. The van der Waals surface area contributed by atoms with E-state index in [9.17, 15) is 22.8 Å². The van der Waals surface area contributed by atoms with Crippen LogP contribution in [0.25, 0.3) is 0 Å². The molecule has 0 bridgehead atoms. The lowest BCUT2D eigenvalue weighted by molar-refractivity contribution is -0.139. The molecule has 0 aliphatic carbocycles. The predicted molar refractivity (Wildman–Crippen MR) is 67.1 cm³/mol. The summed E-state index contributed by atoms with van der Waals surface area (Å²) in [5.74, 6) is -0.583. The Labute approximate surface area is 119 Å². The van der Waals surface area contributed by atoms with Crippen LogP contribution in [0.15, 0.2) is 22.8 Å². The normalized spacial score (nSPS) is 11.5. The lowest BCUT2D eigenvalue weighted by Gasteiger charge is -2.16. The lowest BCUT2D eigenvalue weighted by Crippen LogP contribution is -2.42. The zero-order valence-corrected chi connectivity index (χ0v) is 11.4. The number of amides is 2. The molecule has 0 saturated carbocycles. The minimum atomic E-state index is -4.45. The molecule has 1 aromatic rings. The SMILES string of the molecule is CN(CC(=O)NCc1ccco1)CC(=O)NCC(F)(F)F. The van der Waals surface area contributed by atoms with Gasteiger partial charge in [-0.1, -0.05) is 0 Å². The van der Waals surface area contributed by atoms with E-state index >= 15 is 0 Å². The van der Waals surface area contributed by atoms with Gasteiger partial charge in [-0.05, 0) is 19.2 Å². The van der Waals surface area contributed by atoms with Gasteiger partial charge in [-0.2, -0.15) is 13.2 Å². The number of carbonyl (C=O) groups is 2. The third kappa shape index (κ3) is 7.98. The monoisotopic (exact) mass is 307 g/mol. The molecule has 1 aromatic heterocycles. The number of nitrogens with zero attached hydrogens (tertiary/aromatic N) is 1. The van der Waals surface area contributed by atoms with Gasteiger partial charge in [-0.3, -0.25) is 14.5 Å². The quantitative estimate of drug-likeness (QED) is 0.769. The number of nitrogens with one attached hydrogen (secondary N) is 2. The van der Waals surface area contributed by atoms with Crippen molar-refractivity contribution in [1.29, 1.82) is 0 Å². The van der Waals surface area contributed by atoms with E-state index < -0.39 is 18.6 Å². The highest BCUT2D eigenvalue weighted by Crippen LogP contribution is 2.11. The molecule has 0 fully saturated rings. The highest BCUT2D eigenvalue weighted by molar-refractivity contribution is 5.81. The average Bonchev–Trinajstić information content (AvgIpc) is 2.86. The molecule has 0 radical (unpaired) electrons. The molecule has 118 valence electrons. The Morgan fingerprint density at radius 1 is 1.24 bits per heavy atom. The minimum Gasteiger partial charge on any atom is -0.467 e. The Bertz CT molecular complexity index is 460. The first-order valence-corrected chi connectivity index (χ1v) is 6.07. The Kier molecular flexibility index (Phi) is 6.22. The van der Waals surface area contributed by atoms with Crippen molar-refractivity contribution >= 4 is 11.8 Å². The van der Waals surface area contributed by atoms with Gasteiger partial charge in [0.1, 0.15) is 12.3 Å². The van der Waals surface area contributed by atoms with Gasteiger partial charge in [0.15, 0.2) is 0 Å². The van der Waals surface area contributed by atoms with E-state index in [4.69, 9.17) is 4.42 Å². The van der Waals surface area contributed by atoms with Crippen molar-refractivity contribution in [1.82, 2.24) is 15.5 Å². The molecular formula is C12H16F3N3O3. The number of hydrogen-bond acceptors (Lipinski definition) is 4. The van der Waals surface area contributed by atoms with Crippen molar-refractivity contribution in [2.45, 2.75) is 12.7 Å². The first-order chi connectivity index (χ1) is 9.76. The van der Waals surface area contributed by atoms with Crippen molar-refractivity contribution in [3.05, 3.63) is 24.2 Å². The average molecular weight is 307 g/mol. The van der Waals surface area contributed by atoms with E-state index in [0.717, 1.165) is 0 Å². The molecule has 1 heterocycles. The zero-order chi connectivity index (χ0) is 15.9. The molecule has 21 heavy (non-hydrogen) atoms. The highest BCUT2D eigenvalue weighted by Gasteiger charge is 2.27. The van der Waals surface area contributed by atoms with E-state index in [1.54, 1.807) is 17.4 Å². The number of rotatable bonds is 7. The van der Waals surface area contributed by atoms with Crippen molar-refractivity contribution in [3.63, 3.8) is 0 Å². The molecule has 2 amide bonds. The molecule has 0 atom stereocenters. The van der Waals surface area contributed by atoms with E-state index in [1.165, 1.54) is 18.2 Å². The van der Waals surface area contributed by atoms with Gasteiger partial charge in [-0.15, -0.1) is 0 Å². The van der Waals surface area contributed by atoms with Crippen molar-refractivity contribution < 1.29 is 27.2 Å². The summed E-state index contributed by atoms with van der Waals surface area (Å²) in [6.45, 7) is -1.59. The van der Waals surface area contributed by atoms with Crippen LogP contribution in [0.1, 0.15) is 5.76 Å². The summed E-state index contributed by atoms with van der Waals surface area (Å²) in [6, 6.07) is 3.37. The van der Waals surface area contributed by atoms with Gasteiger partial charge in [0.2, 0.25) is 11.8 Å². The van der Waals surface area contributed by atoms with Gasteiger partial charge in [0, 0.05) is 0 Å². The number of halogens is 3. The second-order valence-electron chi connectivity index (χ2n) is 4.42. The topological polar surface area (TPSA) is 74.6 Å². The van der Waals surface area contributed by atoms with E-state index in [0.29, 0.717) is 5.76 Å². The highest BCUT2D eigenvalue weighted by atomic mass is 19.4. The van der Waals surface area contributed by atoms with Crippen LogP contribution in [-0.4, -0.2) is 49.6 Å². The second-order valence-corrected chi connectivity index (χ2v) is 4.42. The molecule has 1 rings (SSSR count). The maximum Gasteiger partial charge on any atom is 0.405 e. The largest absolute Gasteiger partial charge is 0.467 e. The molecule has 0 spiro atoms. The van der Waals surface area contributed by atoms with Gasteiger partial charge in [0.05, 0.1) is 25.9 Å². The van der Waals surface area contributed by atoms with Crippen LogP contribution in [0.5, 0.6) is 0 Å².